The first-order valence-corrected chi connectivity index (χ1v) is 12.2. The molecule has 32 heavy (non-hydrogen) atoms. The Balaban J connectivity index is 1.59. The lowest BCUT2D eigenvalue weighted by Gasteiger charge is -2.30. The predicted molar refractivity (Wildman–Crippen MR) is 123 cm³/mol. The molecule has 1 fully saturated rings. The fraction of sp³-hybridized carbons (Fsp3) is 0.318. The Labute approximate surface area is 192 Å². The first kappa shape index (κ1) is 22.4. The van der Waals surface area contributed by atoms with E-state index >= 15 is 0 Å². The number of rotatable bonds is 6. The Morgan fingerprint density at radius 1 is 1.16 bits per heavy atom. The van der Waals surface area contributed by atoms with E-state index in [2.05, 4.69) is 15.4 Å². The molecule has 0 bridgehead atoms. The maximum Gasteiger partial charge on any atom is 0.255 e. The smallest absolute Gasteiger partial charge is 0.255 e. The number of aromatic nitrogens is 3. The van der Waals surface area contributed by atoms with E-state index < -0.39 is 15.9 Å². The monoisotopic (exact) mass is 473 g/mol. The van der Waals surface area contributed by atoms with Crippen LogP contribution in [0.25, 0.3) is 5.69 Å². The van der Waals surface area contributed by atoms with Crippen molar-refractivity contribution in [2.24, 2.45) is 0 Å². The second-order valence-corrected chi connectivity index (χ2v) is 10.2. The molecule has 0 spiro atoms. The van der Waals surface area contributed by atoms with Crippen LogP contribution in [0.5, 0.6) is 0 Å². The van der Waals surface area contributed by atoms with E-state index in [1.807, 2.05) is 0 Å². The molecule has 3 aromatic rings. The fourth-order valence-corrected chi connectivity index (χ4v) is 5.57. The maximum absolute atomic E-state index is 13.2. The zero-order valence-corrected chi connectivity index (χ0v) is 19.2. The van der Waals surface area contributed by atoms with Crippen LogP contribution in [0.2, 0.25) is 5.02 Å². The van der Waals surface area contributed by atoms with Gasteiger partial charge in [0.2, 0.25) is 10.0 Å². The molecular formula is C22H24ClN5O3S. The van der Waals surface area contributed by atoms with Crippen LogP contribution in [-0.2, 0) is 10.0 Å². The van der Waals surface area contributed by atoms with Crippen molar-refractivity contribution in [2.45, 2.75) is 43.0 Å². The molecule has 1 amide bonds. The molecule has 0 radical (unpaired) electrons. The van der Waals surface area contributed by atoms with Gasteiger partial charge in [-0.25, -0.2) is 18.1 Å². The third kappa shape index (κ3) is 4.69. The quantitative estimate of drug-likeness (QED) is 0.580. The SMILES string of the molecule is CN(C1CCCCC1)S(=O)(=O)c1cccc(C(=O)Nc2cc(Cl)ccc2-n2cncn2)c1. The van der Waals surface area contributed by atoms with Gasteiger partial charge in [-0.2, -0.15) is 9.40 Å². The van der Waals surface area contributed by atoms with Crippen LogP contribution < -0.4 is 5.32 Å². The molecule has 8 nitrogen and oxygen atoms in total. The van der Waals surface area contributed by atoms with E-state index in [0.717, 1.165) is 32.1 Å². The van der Waals surface area contributed by atoms with Crippen molar-refractivity contribution in [2.75, 3.05) is 12.4 Å². The topological polar surface area (TPSA) is 97.2 Å². The second-order valence-electron chi connectivity index (χ2n) is 7.80. The van der Waals surface area contributed by atoms with Crippen LogP contribution in [0.15, 0.2) is 60.0 Å². The van der Waals surface area contributed by atoms with Crippen molar-refractivity contribution >= 4 is 33.2 Å². The van der Waals surface area contributed by atoms with Crippen LogP contribution in [0, 0.1) is 0 Å². The van der Waals surface area contributed by atoms with Crippen molar-refractivity contribution in [1.29, 1.82) is 0 Å². The maximum atomic E-state index is 13.2. The lowest BCUT2D eigenvalue weighted by Crippen LogP contribution is -2.38. The van der Waals surface area contributed by atoms with Gasteiger partial charge in [0.1, 0.15) is 12.7 Å². The number of anilines is 1. The average molecular weight is 474 g/mol. The lowest BCUT2D eigenvalue weighted by molar-refractivity contribution is 0.102. The summed E-state index contributed by atoms with van der Waals surface area (Å²) in [4.78, 5) is 17.0. The van der Waals surface area contributed by atoms with Crippen molar-refractivity contribution in [1.82, 2.24) is 19.1 Å². The van der Waals surface area contributed by atoms with Gasteiger partial charge in [0, 0.05) is 23.7 Å². The van der Waals surface area contributed by atoms with Gasteiger partial charge in [0.15, 0.2) is 0 Å². The van der Waals surface area contributed by atoms with E-state index in [0.29, 0.717) is 16.4 Å². The minimum Gasteiger partial charge on any atom is -0.320 e. The number of carbonyl (C=O) groups is 1. The lowest BCUT2D eigenvalue weighted by atomic mass is 9.96. The summed E-state index contributed by atoms with van der Waals surface area (Å²) in [6, 6.07) is 11.1. The standard InChI is InChI=1S/C22H24ClN5O3S/c1-27(18-7-3-2-4-8-18)32(30,31)19-9-5-6-16(12-19)22(29)26-20-13-17(23)10-11-21(20)28-15-24-14-25-28/h5-6,9-15,18H,2-4,7-8H2,1H3,(H,26,29). The molecule has 10 heteroatoms. The predicted octanol–water partition coefficient (Wildman–Crippen LogP) is 4.13. The van der Waals surface area contributed by atoms with Gasteiger partial charge >= 0.3 is 0 Å². The van der Waals surface area contributed by atoms with Crippen molar-refractivity contribution < 1.29 is 13.2 Å². The normalized spacial score (nSPS) is 15.1. The Morgan fingerprint density at radius 2 is 1.94 bits per heavy atom. The molecule has 1 aliphatic rings. The number of halogens is 1. The molecular weight excluding hydrogens is 450 g/mol. The molecule has 0 unspecified atom stereocenters. The Bertz CT molecular complexity index is 1210. The average Bonchev–Trinajstić information content (AvgIpc) is 3.34. The van der Waals surface area contributed by atoms with Crippen molar-refractivity contribution in [3.63, 3.8) is 0 Å². The second kappa shape index (κ2) is 9.40. The van der Waals surface area contributed by atoms with E-state index in [1.54, 1.807) is 37.4 Å². The number of nitrogens with zero attached hydrogens (tertiary/aromatic N) is 4. The van der Waals surface area contributed by atoms with Crippen LogP contribution >= 0.6 is 11.6 Å². The largest absolute Gasteiger partial charge is 0.320 e. The highest BCUT2D eigenvalue weighted by Crippen LogP contribution is 2.28. The minimum atomic E-state index is -3.71. The van der Waals surface area contributed by atoms with E-state index in [9.17, 15) is 13.2 Å². The molecule has 1 aliphatic carbocycles. The van der Waals surface area contributed by atoms with Crippen LogP contribution in [0.1, 0.15) is 42.5 Å². The summed E-state index contributed by atoms with van der Waals surface area (Å²) in [5.41, 5.74) is 1.24. The van der Waals surface area contributed by atoms with Gasteiger partial charge in [0.25, 0.3) is 5.91 Å². The number of sulfonamides is 1. The third-order valence-corrected chi connectivity index (χ3v) is 7.88. The summed E-state index contributed by atoms with van der Waals surface area (Å²) in [6.45, 7) is 0. The molecule has 1 saturated carbocycles. The Morgan fingerprint density at radius 3 is 2.66 bits per heavy atom. The molecule has 0 atom stereocenters. The summed E-state index contributed by atoms with van der Waals surface area (Å²) in [6.07, 6.45) is 7.80. The highest BCUT2D eigenvalue weighted by Gasteiger charge is 2.29. The van der Waals surface area contributed by atoms with Crippen molar-refractivity contribution in [3.8, 4) is 5.69 Å². The molecule has 1 heterocycles. The number of hydrogen-bond acceptors (Lipinski definition) is 5. The van der Waals surface area contributed by atoms with Crippen LogP contribution in [0.3, 0.4) is 0 Å². The first-order valence-electron chi connectivity index (χ1n) is 10.4. The van der Waals surface area contributed by atoms with E-state index in [1.165, 1.54) is 33.8 Å². The number of carbonyl (C=O) groups excluding carboxylic acids is 1. The number of nitrogens with one attached hydrogen (secondary N) is 1. The van der Waals surface area contributed by atoms with Crippen molar-refractivity contribution in [3.05, 3.63) is 65.7 Å². The number of hydrogen-bond donors (Lipinski definition) is 1. The van der Waals surface area contributed by atoms with Crippen LogP contribution in [0.4, 0.5) is 5.69 Å². The van der Waals surface area contributed by atoms with Gasteiger partial charge in [0.05, 0.1) is 16.3 Å². The Hall–Kier alpha value is -2.75. The third-order valence-electron chi connectivity index (χ3n) is 5.73. The summed E-state index contributed by atoms with van der Waals surface area (Å²) < 4.78 is 29.3. The molecule has 1 N–H and O–H groups in total. The van der Waals surface area contributed by atoms with E-state index in [4.69, 9.17) is 11.6 Å². The number of amides is 1. The summed E-state index contributed by atoms with van der Waals surface area (Å²) in [5.74, 6) is -0.453. The molecule has 2 aromatic carbocycles. The van der Waals surface area contributed by atoms with Crippen LogP contribution in [-0.4, -0.2) is 46.5 Å². The summed E-state index contributed by atoms with van der Waals surface area (Å²) in [7, 11) is -2.09. The highest BCUT2D eigenvalue weighted by molar-refractivity contribution is 7.89. The van der Waals surface area contributed by atoms with E-state index in [-0.39, 0.29) is 16.5 Å². The number of benzene rings is 2. The fourth-order valence-electron chi connectivity index (χ4n) is 3.94. The van der Waals surface area contributed by atoms with Gasteiger partial charge < -0.3 is 5.32 Å². The summed E-state index contributed by atoms with van der Waals surface area (Å²) in [5, 5.41) is 7.34. The first-order chi connectivity index (χ1) is 15.4. The van der Waals surface area contributed by atoms with Gasteiger partial charge in [-0.05, 0) is 49.2 Å². The Kier molecular flexibility index (Phi) is 6.59. The molecule has 0 saturated heterocycles. The van der Waals surface area contributed by atoms with Gasteiger partial charge in [-0.1, -0.05) is 36.9 Å². The highest BCUT2D eigenvalue weighted by atomic mass is 35.5. The molecule has 1 aromatic heterocycles. The van der Waals surface area contributed by atoms with Gasteiger partial charge in [-0.15, -0.1) is 0 Å². The zero-order chi connectivity index (χ0) is 22.7. The molecule has 4 rings (SSSR count). The van der Waals surface area contributed by atoms with Gasteiger partial charge in [-0.3, -0.25) is 4.79 Å². The molecule has 168 valence electrons. The zero-order valence-electron chi connectivity index (χ0n) is 17.6. The minimum absolute atomic E-state index is 0.0112. The molecule has 0 aliphatic heterocycles. The summed E-state index contributed by atoms with van der Waals surface area (Å²) >= 11 is 6.12.